The van der Waals surface area contributed by atoms with Crippen LogP contribution in [-0.2, 0) is 10.0 Å². The fourth-order valence-electron chi connectivity index (χ4n) is 1.43. The van der Waals surface area contributed by atoms with Gasteiger partial charge in [-0.15, -0.1) is 0 Å². The van der Waals surface area contributed by atoms with E-state index in [1.165, 1.54) is 36.5 Å². The minimum atomic E-state index is -3.84. The molecule has 20 heavy (non-hydrogen) atoms. The lowest BCUT2D eigenvalue weighted by atomic mass is 10.3. The normalized spacial score (nSPS) is 11.1. The third-order valence-corrected chi connectivity index (χ3v) is 3.99. The number of rotatable bonds is 4. The Morgan fingerprint density at radius 2 is 1.85 bits per heavy atom. The van der Waals surface area contributed by atoms with E-state index in [9.17, 15) is 13.2 Å². The van der Waals surface area contributed by atoms with Gasteiger partial charge in [0.25, 0.3) is 10.0 Å². The van der Waals surface area contributed by atoms with E-state index in [1.54, 1.807) is 0 Å². The maximum Gasteiger partial charge on any atom is 0.335 e. The number of carbonyl (C=O) groups is 1. The van der Waals surface area contributed by atoms with Crippen LogP contribution in [-0.4, -0.2) is 24.5 Å². The predicted octanol–water partition coefficient (Wildman–Crippen LogP) is 2.23. The molecule has 0 atom stereocenters. The van der Waals surface area contributed by atoms with Crippen LogP contribution in [0.3, 0.4) is 0 Å². The van der Waals surface area contributed by atoms with E-state index in [1.807, 2.05) is 0 Å². The van der Waals surface area contributed by atoms with Crippen molar-refractivity contribution in [2.75, 3.05) is 4.72 Å². The lowest BCUT2D eigenvalue weighted by Crippen LogP contribution is -2.14. The van der Waals surface area contributed by atoms with Gasteiger partial charge in [0.05, 0.1) is 10.5 Å². The number of nitrogens with zero attached hydrogens (tertiary/aromatic N) is 1. The van der Waals surface area contributed by atoms with Crippen LogP contribution >= 0.6 is 11.6 Å². The van der Waals surface area contributed by atoms with Crippen molar-refractivity contribution in [3.8, 4) is 0 Å². The van der Waals surface area contributed by atoms with Gasteiger partial charge in [-0.2, -0.15) is 0 Å². The summed E-state index contributed by atoms with van der Waals surface area (Å²) in [4.78, 5) is 14.6. The first kappa shape index (κ1) is 14.3. The number of hydrogen-bond donors (Lipinski definition) is 2. The second-order valence-corrected chi connectivity index (χ2v) is 5.91. The standard InChI is InChI=1S/C12H9ClN2O4S/c13-9-1-3-10(4-2-9)20(18,19)15-11-7-8(12(16)17)5-6-14-11/h1-7H,(H,14,15)(H,16,17). The van der Waals surface area contributed by atoms with E-state index in [0.717, 1.165) is 6.07 Å². The van der Waals surface area contributed by atoms with Crippen LogP contribution in [0.15, 0.2) is 47.5 Å². The molecule has 0 unspecified atom stereocenters. The van der Waals surface area contributed by atoms with Crippen molar-refractivity contribution in [3.05, 3.63) is 53.2 Å². The summed E-state index contributed by atoms with van der Waals surface area (Å²) in [6.45, 7) is 0. The molecule has 0 amide bonds. The molecular formula is C12H9ClN2O4S. The summed E-state index contributed by atoms with van der Waals surface area (Å²) < 4.78 is 26.3. The number of nitrogens with one attached hydrogen (secondary N) is 1. The largest absolute Gasteiger partial charge is 0.478 e. The Bertz CT molecular complexity index is 744. The third-order valence-electron chi connectivity index (χ3n) is 2.37. The molecule has 0 aliphatic heterocycles. The number of pyridine rings is 1. The summed E-state index contributed by atoms with van der Waals surface area (Å²) in [5, 5.41) is 9.25. The molecule has 6 nitrogen and oxygen atoms in total. The number of hydrogen-bond acceptors (Lipinski definition) is 4. The lowest BCUT2D eigenvalue weighted by molar-refractivity contribution is 0.0697. The van der Waals surface area contributed by atoms with Gasteiger partial charge in [-0.25, -0.2) is 18.2 Å². The highest BCUT2D eigenvalue weighted by molar-refractivity contribution is 7.92. The van der Waals surface area contributed by atoms with Crippen molar-refractivity contribution in [2.24, 2.45) is 0 Å². The van der Waals surface area contributed by atoms with Crippen molar-refractivity contribution < 1.29 is 18.3 Å². The second-order valence-electron chi connectivity index (χ2n) is 3.79. The molecule has 0 aliphatic rings. The second kappa shape index (κ2) is 5.48. The van der Waals surface area contributed by atoms with E-state index in [2.05, 4.69) is 9.71 Å². The molecule has 0 radical (unpaired) electrons. The van der Waals surface area contributed by atoms with E-state index >= 15 is 0 Å². The van der Waals surface area contributed by atoms with Crippen LogP contribution in [0, 0.1) is 0 Å². The molecule has 104 valence electrons. The lowest BCUT2D eigenvalue weighted by Gasteiger charge is -2.07. The van der Waals surface area contributed by atoms with Crippen molar-refractivity contribution >= 4 is 33.4 Å². The average molecular weight is 313 g/mol. The zero-order chi connectivity index (χ0) is 14.8. The topological polar surface area (TPSA) is 96.4 Å². The van der Waals surface area contributed by atoms with Gasteiger partial charge in [-0.3, -0.25) is 4.72 Å². The minimum absolute atomic E-state index is 0.00410. The first-order valence-corrected chi connectivity index (χ1v) is 7.22. The summed E-state index contributed by atoms with van der Waals surface area (Å²) in [5.41, 5.74) is -0.0613. The van der Waals surface area contributed by atoms with E-state index in [-0.39, 0.29) is 16.3 Å². The molecule has 0 bridgehead atoms. The van der Waals surface area contributed by atoms with E-state index in [4.69, 9.17) is 16.7 Å². The summed E-state index contributed by atoms with van der Waals surface area (Å²) in [5.74, 6) is -1.24. The summed E-state index contributed by atoms with van der Waals surface area (Å²) in [6, 6.07) is 7.96. The summed E-state index contributed by atoms with van der Waals surface area (Å²) >= 11 is 5.68. The highest BCUT2D eigenvalue weighted by Gasteiger charge is 2.15. The Balaban J connectivity index is 2.31. The molecule has 0 saturated carbocycles. The average Bonchev–Trinajstić information content (AvgIpc) is 2.39. The van der Waals surface area contributed by atoms with E-state index < -0.39 is 16.0 Å². The van der Waals surface area contributed by atoms with Crippen LogP contribution in [0.1, 0.15) is 10.4 Å². The Morgan fingerprint density at radius 1 is 1.20 bits per heavy atom. The molecular weight excluding hydrogens is 304 g/mol. The quantitative estimate of drug-likeness (QED) is 0.902. The van der Waals surface area contributed by atoms with Crippen molar-refractivity contribution in [1.29, 1.82) is 0 Å². The maximum absolute atomic E-state index is 12.1. The molecule has 0 fully saturated rings. The Kier molecular flexibility index (Phi) is 3.91. The van der Waals surface area contributed by atoms with Gasteiger partial charge in [-0.05, 0) is 36.4 Å². The van der Waals surface area contributed by atoms with Gasteiger partial charge < -0.3 is 5.11 Å². The first-order chi connectivity index (χ1) is 9.38. The number of carboxylic acids is 1. The number of benzene rings is 1. The minimum Gasteiger partial charge on any atom is -0.478 e. The number of aromatic nitrogens is 1. The fourth-order valence-corrected chi connectivity index (χ4v) is 2.55. The number of sulfonamides is 1. The van der Waals surface area contributed by atoms with E-state index in [0.29, 0.717) is 5.02 Å². The van der Waals surface area contributed by atoms with Gasteiger partial charge in [-0.1, -0.05) is 11.6 Å². The first-order valence-electron chi connectivity index (χ1n) is 5.36. The number of halogens is 1. The monoisotopic (exact) mass is 312 g/mol. The Labute approximate surface area is 120 Å². The molecule has 0 saturated heterocycles. The molecule has 1 heterocycles. The highest BCUT2D eigenvalue weighted by atomic mass is 35.5. The van der Waals surface area contributed by atoms with Gasteiger partial charge in [0.15, 0.2) is 0 Å². The van der Waals surface area contributed by atoms with Crippen molar-refractivity contribution in [1.82, 2.24) is 4.98 Å². The molecule has 2 N–H and O–H groups in total. The summed E-state index contributed by atoms with van der Waals surface area (Å²) in [6.07, 6.45) is 1.21. The van der Waals surface area contributed by atoms with Gasteiger partial charge >= 0.3 is 5.97 Å². The van der Waals surface area contributed by atoms with Crippen LogP contribution < -0.4 is 4.72 Å². The van der Waals surface area contributed by atoms with Gasteiger partial charge in [0.2, 0.25) is 0 Å². The van der Waals surface area contributed by atoms with Crippen LogP contribution in [0.2, 0.25) is 5.02 Å². The molecule has 2 aromatic rings. The zero-order valence-electron chi connectivity index (χ0n) is 9.95. The summed E-state index contributed by atoms with van der Waals surface area (Å²) in [7, 11) is -3.84. The Hall–Kier alpha value is -2.12. The van der Waals surface area contributed by atoms with Crippen LogP contribution in [0.4, 0.5) is 5.82 Å². The zero-order valence-corrected chi connectivity index (χ0v) is 11.5. The molecule has 1 aromatic carbocycles. The molecule has 8 heteroatoms. The van der Waals surface area contributed by atoms with Gasteiger partial charge in [0.1, 0.15) is 5.82 Å². The smallest absolute Gasteiger partial charge is 0.335 e. The predicted molar refractivity (Wildman–Crippen MR) is 73.5 cm³/mol. The number of anilines is 1. The molecule has 1 aromatic heterocycles. The molecule has 2 rings (SSSR count). The van der Waals surface area contributed by atoms with Crippen LogP contribution in [0.5, 0.6) is 0 Å². The van der Waals surface area contributed by atoms with Crippen molar-refractivity contribution in [2.45, 2.75) is 4.90 Å². The fraction of sp³-hybridized carbons (Fsp3) is 0. The Morgan fingerprint density at radius 3 is 2.45 bits per heavy atom. The van der Waals surface area contributed by atoms with Gasteiger partial charge in [0, 0.05) is 11.2 Å². The van der Waals surface area contributed by atoms with Crippen LogP contribution in [0.25, 0.3) is 0 Å². The third kappa shape index (κ3) is 3.25. The molecule has 0 aliphatic carbocycles. The van der Waals surface area contributed by atoms with Crippen molar-refractivity contribution in [3.63, 3.8) is 0 Å². The maximum atomic E-state index is 12.1. The number of carboxylic acid groups (broad SMARTS) is 1. The number of aromatic carboxylic acids is 1. The SMILES string of the molecule is O=C(O)c1ccnc(NS(=O)(=O)c2ccc(Cl)cc2)c1. The highest BCUT2D eigenvalue weighted by Crippen LogP contribution is 2.17. The molecule has 0 spiro atoms.